The maximum Gasteiger partial charge on any atom is 0.341 e. The van der Waals surface area contributed by atoms with Crippen LogP contribution >= 0.6 is 11.3 Å². The Morgan fingerprint density at radius 2 is 1.65 bits per heavy atom. The molecule has 0 radical (unpaired) electrons. The van der Waals surface area contributed by atoms with Crippen molar-refractivity contribution in [3.05, 3.63) is 105 Å². The summed E-state index contributed by atoms with van der Waals surface area (Å²) in [6.45, 7) is 8.24. The average molecular weight is 558 g/mol. The molecule has 1 N–H and O–H groups in total. The number of carbonyl (C=O) groups excluding carboxylic acids is 2. The van der Waals surface area contributed by atoms with Crippen LogP contribution in [0.1, 0.15) is 88.8 Å². The second-order valence-electron chi connectivity index (χ2n) is 10.9. The molecule has 7 heteroatoms. The van der Waals surface area contributed by atoms with Gasteiger partial charge in [0.25, 0.3) is 5.91 Å². The zero-order valence-corrected chi connectivity index (χ0v) is 24.2. The van der Waals surface area contributed by atoms with E-state index in [4.69, 9.17) is 13.9 Å². The van der Waals surface area contributed by atoms with Crippen molar-refractivity contribution >= 4 is 28.2 Å². The topological polar surface area (TPSA) is 77.8 Å². The van der Waals surface area contributed by atoms with Crippen LogP contribution in [0.5, 0.6) is 5.75 Å². The number of carbonyl (C=O) groups is 2. The average Bonchev–Trinajstić information content (AvgIpc) is 3.57. The van der Waals surface area contributed by atoms with Gasteiger partial charge in [-0.3, -0.25) is 4.79 Å². The zero-order valence-electron chi connectivity index (χ0n) is 23.4. The first-order valence-electron chi connectivity index (χ1n) is 13.8. The Hall–Kier alpha value is -3.84. The molecule has 0 unspecified atom stereocenters. The number of amides is 1. The lowest BCUT2D eigenvalue weighted by Gasteiger charge is -2.26. The lowest BCUT2D eigenvalue weighted by molar-refractivity contribution is 0.0378. The van der Waals surface area contributed by atoms with Crippen molar-refractivity contribution in [2.75, 3.05) is 5.32 Å². The molecule has 0 fully saturated rings. The molecule has 0 bridgehead atoms. The fraction of sp³-hybridized carbons (Fsp3) is 0.333. The molecule has 2 aromatic carbocycles. The summed E-state index contributed by atoms with van der Waals surface area (Å²) in [5.74, 6) is 0.608. The third-order valence-electron chi connectivity index (χ3n) is 7.28. The van der Waals surface area contributed by atoms with Gasteiger partial charge in [0.1, 0.15) is 23.1 Å². The molecule has 40 heavy (non-hydrogen) atoms. The van der Waals surface area contributed by atoms with Crippen molar-refractivity contribution in [1.29, 1.82) is 0 Å². The van der Waals surface area contributed by atoms with Gasteiger partial charge in [0.15, 0.2) is 5.76 Å². The third kappa shape index (κ3) is 5.99. The minimum atomic E-state index is -0.407. The number of nitrogens with one attached hydrogen (secondary N) is 1. The molecule has 4 aromatic rings. The van der Waals surface area contributed by atoms with Crippen LogP contribution in [0.15, 0.2) is 71.1 Å². The van der Waals surface area contributed by atoms with Crippen LogP contribution in [0.3, 0.4) is 0 Å². The molecule has 2 heterocycles. The summed E-state index contributed by atoms with van der Waals surface area (Å²) < 4.78 is 17.2. The van der Waals surface area contributed by atoms with E-state index in [-0.39, 0.29) is 23.9 Å². The summed E-state index contributed by atoms with van der Waals surface area (Å²) in [4.78, 5) is 27.1. The van der Waals surface area contributed by atoms with Gasteiger partial charge in [0.05, 0.1) is 11.7 Å². The largest absolute Gasteiger partial charge is 0.486 e. The van der Waals surface area contributed by atoms with Crippen LogP contribution < -0.4 is 10.1 Å². The molecule has 1 amide bonds. The number of hydrogen-bond donors (Lipinski definition) is 1. The van der Waals surface area contributed by atoms with E-state index in [1.807, 2.05) is 32.0 Å². The second kappa shape index (κ2) is 11.7. The normalized spacial score (nSPS) is 13.1. The summed E-state index contributed by atoms with van der Waals surface area (Å²) >= 11 is 1.46. The summed E-state index contributed by atoms with van der Waals surface area (Å²) in [5, 5.41) is 3.43. The van der Waals surface area contributed by atoms with Gasteiger partial charge in [-0.2, -0.15) is 0 Å². The van der Waals surface area contributed by atoms with Crippen molar-refractivity contribution in [2.24, 2.45) is 0 Å². The highest BCUT2D eigenvalue weighted by Gasteiger charge is 2.28. The van der Waals surface area contributed by atoms with E-state index < -0.39 is 11.9 Å². The van der Waals surface area contributed by atoms with Crippen LogP contribution in [-0.2, 0) is 29.6 Å². The first kappa shape index (κ1) is 27.7. The number of rotatable bonds is 9. The van der Waals surface area contributed by atoms with Crippen molar-refractivity contribution in [2.45, 2.75) is 71.5 Å². The van der Waals surface area contributed by atoms with E-state index in [0.717, 1.165) is 36.1 Å². The standard InChI is InChI=1S/C33H35NO5S/c1-21(2)38-32(36)29-26-12-8-9-13-28(26)40-31(29)34-30(35)27-19-18-25(39-27)20-37-24-16-14-23(15-17-24)33(3,4)22-10-6-5-7-11-22/h5-7,10-11,14-19,21H,8-9,12-13,20H2,1-4H3,(H,34,35). The number of hydrogen-bond acceptors (Lipinski definition) is 6. The van der Waals surface area contributed by atoms with Crippen LogP contribution in [0.2, 0.25) is 0 Å². The molecule has 0 spiro atoms. The summed E-state index contributed by atoms with van der Waals surface area (Å²) in [6.07, 6.45) is 3.58. The van der Waals surface area contributed by atoms with Crippen LogP contribution in [0.25, 0.3) is 0 Å². The first-order chi connectivity index (χ1) is 19.2. The molecule has 0 saturated heterocycles. The van der Waals surface area contributed by atoms with Crippen molar-refractivity contribution < 1.29 is 23.5 Å². The minimum Gasteiger partial charge on any atom is -0.486 e. The Morgan fingerprint density at radius 3 is 2.38 bits per heavy atom. The zero-order chi connectivity index (χ0) is 28.3. The Labute approximate surface area is 239 Å². The predicted octanol–water partition coefficient (Wildman–Crippen LogP) is 7.94. The predicted molar refractivity (Wildman–Crippen MR) is 158 cm³/mol. The van der Waals surface area contributed by atoms with Crippen LogP contribution in [0.4, 0.5) is 5.00 Å². The molecule has 1 aliphatic carbocycles. The molecular formula is C33H35NO5S. The summed E-state index contributed by atoms with van der Waals surface area (Å²) in [6, 6.07) is 21.8. The summed E-state index contributed by atoms with van der Waals surface area (Å²) in [5.41, 5.74) is 3.79. The Balaban J connectivity index is 1.23. The molecule has 0 saturated carbocycles. The van der Waals surface area contributed by atoms with Gasteiger partial charge in [0, 0.05) is 10.3 Å². The van der Waals surface area contributed by atoms with Crippen molar-refractivity contribution in [3.8, 4) is 5.75 Å². The fourth-order valence-corrected chi connectivity index (χ4v) is 6.30. The lowest BCUT2D eigenvalue weighted by atomic mass is 9.78. The fourth-order valence-electron chi connectivity index (χ4n) is 5.03. The molecule has 1 aliphatic rings. The molecule has 0 atom stereocenters. The number of furan rings is 1. The monoisotopic (exact) mass is 557 g/mol. The number of ether oxygens (including phenoxy) is 2. The third-order valence-corrected chi connectivity index (χ3v) is 8.49. The molecular weight excluding hydrogens is 522 g/mol. The number of esters is 1. The number of thiophene rings is 1. The van der Waals surface area contributed by atoms with Gasteiger partial charge in [0.2, 0.25) is 0 Å². The Bertz CT molecular complexity index is 1480. The first-order valence-corrected chi connectivity index (χ1v) is 14.6. The van der Waals surface area contributed by atoms with E-state index in [1.165, 1.54) is 22.5 Å². The van der Waals surface area contributed by atoms with Gasteiger partial charge >= 0.3 is 5.97 Å². The maximum atomic E-state index is 13.1. The molecule has 5 rings (SSSR count). The van der Waals surface area contributed by atoms with Crippen molar-refractivity contribution in [3.63, 3.8) is 0 Å². The Kier molecular flexibility index (Phi) is 8.12. The highest BCUT2D eigenvalue weighted by Crippen LogP contribution is 2.39. The SMILES string of the molecule is CC(C)OC(=O)c1c(NC(=O)c2ccc(COc3ccc(C(C)(C)c4ccccc4)cc3)o2)sc2c1CCCC2. The number of anilines is 1. The van der Waals surface area contributed by atoms with E-state index in [9.17, 15) is 9.59 Å². The van der Waals surface area contributed by atoms with Crippen LogP contribution in [0, 0.1) is 0 Å². The van der Waals surface area contributed by atoms with Gasteiger partial charge < -0.3 is 19.2 Å². The van der Waals surface area contributed by atoms with E-state index >= 15 is 0 Å². The van der Waals surface area contributed by atoms with E-state index in [2.05, 4.69) is 55.6 Å². The van der Waals surface area contributed by atoms with Crippen LogP contribution in [-0.4, -0.2) is 18.0 Å². The number of benzene rings is 2. The molecule has 208 valence electrons. The number of fused-ring (bicyclic) bond motifs is 1. The van der Waals surface area contributed by atoms with Gasteiger partial charge in [-0.25, -0.2) is 4.79 Å². The molecule has 6 nitrogen and oxygen atoms in total. The lowest BCUT2D eigenvalue weighted by Crippen LogP contribution is -2.18. The highest BCUT2D eigenvalue weighted by molar-refractivity contribution is 7.17. The highest BCUT2D eigenvalue weighted by atomic mass is 32.1. The molecule has 2 aromatic heterocycles. The Morgan fingerprint density at radius 1 is 0.950 bits per heavy atom. The molecule has 0 aliphatic heterocycles. The smallest absolute Gasteiger partial charge is 0.341 e. The quantitative estimate of drug-likeness (QED) is 0.211. The second-order valence-corrected chi connectivity index (χ2v) is 12.0. The summed E-state index contributed by atoms with van der Waals surface area (Å²) in [7, 11) is 0. The van der Waals surface area contributed by atoms with Gasteiger partial charge in [-0.1, -0.05) is 56.3 Å². The maximum absolute atomic E-state index is 13.1. The van der Waals surface area contributed by atoms with Crippen molar-refractivity contribution in [1.82, 2.24) is 0 Å². The van der Waals surface area contributed by atoms with Gasteiger partial charge in [-0.05, 0) is 80.5 Å². The van der Waals surface area contributed by atoms with Gasteiger partial charge in [-0.15, -0.1) is 11.3 Å². The number of aryl methyl sites for hydroxylation is 1. The van der Waals surface area contributed by atoms with E-state index in [0.29, 0.717) is 22.1 Å². The van der Waals surface area contributed by atoms with E-state index in [1.54, 1.807) is 12.1 Å². The minimum absolute atomic E-state index is 0.129.